The summed E-state index contributed by atoms with van der Waals surface area (Å²) in [7, 11) is 0. The van der Waals surface area contributed by atoms with E-state index >= 15 is 0 Å². The summed E-state index contributed by atoms with van der Waals surface area (Å²) in [6, 6.07) is 0. The molecule has 0 bridgehead atoms. The smallest absolute Gasteiger partial charge is 0.323 e. The lowest BCUT2D eigenvalue weighted by atomic mass is 10.4. The highest BCUT2D eigenvalue weighted by molar-refractivity contribution is 5.70. The number of nitrogens with zero attached hydrogens (tertiary/aromatic N) is 1. The highest BCUT2D eigenvalue weighted by atomic mass is 17.1. The second-order valence-corrected chi connectivity index (χ2v) is 2.44. The number of aliphatic carboxylic acids is 2. The van der Waals surface area contributed by atoms with Gasteiger partial charge in [-0.3, -0.25) is 9.59 Å². The predicted octanol–water partition coefficient (Wildman–Crippen LogP) is -0.192. The molecule has 0 saturated carbocycles. The van der Waals surface area contributed by atoms with Gasteiger partial charge in [0.05, 0.1) is 6.42 Å². The molecule has 0 amide bonds. The molecule has 0 atom stereocenters. The van der Waals surface area contributed by atoms with Crippen LogP contribution < -0.4 is 0 Å². The molecular formula is C7H11NO6. The summed E-state index contributed by atoms with van der Waals surface area (Å²) in [6.07, 6.45) is -0.268. The molecule has 0 aliphatic heterocycles. The molecule has 7 heteroatoms. The van der Waals surface area contributed by atoms with Crippen LogP contribution >= 0.6 is 0 Å². The lowest BCUT2D eigenvalue weighted by Crippen LogP contribution is -2.31. The standard InChI is InChI=1S/C7H11NO6/c1-5(14-13)8(4-7(11)12)3-2-6(9)10/h13H,1-4H2,(H,9,10)(H,11,12). The molecule has 0 unspecified atom stereocenters. The van der Waals surface area contributed by atoms with Gasteiger partial charge in [0.1, 0.15) is 6.54 Å². The molecule has 0 heterocycles. The van der Waals surface area contributed by atoms with Crippen LogP contribution in [0.5, 0.6) is 0 Å². The first-order valence-electron chi connectivity index (χ1n) is 3.66. The number of carboxylic acid groups (broad SMARTS) is 2. The van der Waals surface area contributed by atoms with E-state index in [9.17, 15) is 9.59 Å². The lowest BCUT2D eigenvalue weighted by Gasteiger charge is -2.20. The summed E-state index contributed by atoms with van der Waals surface area (Å²) >= 11 is 0. The van der Waals surface area contributed by atoms with Crippen LogP contribution in [0.15, 0.2) is 12.5 Å². The molecule has 0 fully saturated rings. The monoisotopic (exact) mass is 205 g/mol. The predicted molar refractivity (Wildman–Crippen MR) is 44.3 cm³/mol. The Kier molecular flexibility index (Phi) is 5.08. The summed E-state index contributed by atoms with van der Waals surface area (Å²) in [5.41, 5.74) is 0. The fraction of sp³-hybridized carbons (Fsp3) is 0.429. The van der Waals surface area contributed by atoms with E-state index in [1.54, 1.807) is 0 Å². The zero-order valence-corrected chi connectivity index (χ0v) is 7.34. The van der Waals surface area contributed by atoms with Crippen molar-refractivity contribution in [3.63, 3.8) is 0 Å². The molecule has 7 nitrogen and oxygen atoms in total. The summed E-state index contributed by atoms with van der Waals surface area (Å²) < 4.78 is 0. The second-order valence-electron chi connectivity index (χ2n) is 2.44. The Morgan fingerprint density at radius 2 is 1.86 bits per heavy atom. The lowest BCUT2D eigenvalue weighted by molar-refractivity contribution is -0.224. The highest BCUT2D eigenvalue weighted by Crippen LogP contribution is 2.02. The van der Waals surface area contributed by atoms with Crippen LogP contribution in [0.25, 0.3) is 0 Å². The minimum absolute atomic E-state index is 0.0962. The van der Waals surface area contributed by atoms with Crippen molar-refractivity contribution in [2.24, 2.45) is 0 Å². The van der Waals surface area contributed by atoms with Crippen LogP contribution in [0.3, 0.4) is 0 Å². The molecule has 0 aliphatic rings. The van der Waals surface area contributed by atoms with E-state index in [2.05, 4.69) is 11.5 Å². The molecule has 14 heavy (non-hydrogen) atoms. The Hall–Kier alpha value is -1.76. The van der Waals surface area contributed by atoms with E-state index < -0.39 is 18.5 Å². The van der Waals surface area contributed by atoms with Gasteiger partial charge in [-0.15, -0.1) is 0 Å². The topological polar surface area (TPSA) is 107 Å². The first-order valence-corrected chi connectivity index (χ1v) is 3.66. The third-order valence-corrected chi connectivity index (χ3v) is 1.38. The van der Waals surface area contributed by atoms with Gasteiger partial charge in [-0.05, 0) is 6.58 Å². The van der Waals surface area contributed by atoms with Crippen LogP contribution in [0, 0.1) is 0 Å². The Balaban J connectivity index is 4.17. The van der Waals surface area contributed by atoms with Gasteiger partial charge in [-0.1, -0.05) is 0 Å². The van der Waals surface area contributed by atoms with Crippen molar-refractivity contribution in [3.8, 4) is 0 Å². The summed E-state index contributed by atoms with van der Waals surface area (Å²) in [4.78, 5) is 25.2. The SMILES string of the molecule is C=C(OO)N(CCC(=O)O)CC(=O)O. The normalized spacial score (nSPS) is 9.21. The Bertz CT molecular complexity index is 238. The van der Waals surface area contributed by atoms with Gasteiger partial charge < -0.3 is 20.0 Å². The van der Waals surface area contributed by atoms with Crippen LogP contribution in [-0.4, -0.2) is 45.4 Å². The second kappa shape index (κ2) is 5.81. The van der Waals surface area contributed by atoms with Gasteiger partial charge in [0, 0.05) is 6.54 Å². The third kappa shape index (κ3) is 4.99. The number of carboxylic acids is 2. The van der Waals surface area contributed by atoms with Gasteiger partial charge >= 0.3 is 11.9 Å². The largest absolute Gasteiger partial charge is 0.481 e. The molecule has 0 spiro atoms. The van der Waals surface area contributed by atoms with E-state index in [0.29, 0.717) is 0 Å². The van der Waals surface area contributed by atoms with Gasteiger partial charge in [0.2, 0.25) is 5.88 Å². The molecule has 0 aromatic carbocycles. The quantitative estimate of drug-likeness (QED) is 0.300. The third-order valence-electron chi connectivity index (χ3n) is 1.38. The van der Waals surface area contributed by atoms with Crippen LogP contribution in [0.1, 0.15) is 6.42 Å². The first kappa shape index (κ1) is 12.2. The average molecular weight is 205 g/mol. The van der Waals surface area contributed by atoms with Crippen molar-refractivity contribution in [1.29, 1.82) is 0 Å². The van der Waals surface area contributed by atoms with Crippen LogP contribution in [0.2, 0.25) is 0 Å². The van der Waals surface area contributed by atoms with E-state index in [0.717, 1.165) is 4.90 Å². The van der Waals surface area contributed by atoms with E-state index in [-0.39, 0.29) is 18.8 Å². The van der Waals surface area contributed by atoms with Crippen LogP contribution in [0.4, 0.5) is 0 Å². The maximum absolute atomic E-state index is 10.3. The maximum Gasteiger partial charge on any atom is 0.323 e. The van der Waals surface area contributed by atoms with Crippen molar-refractivity contribution in [2.75, 3.05) is 13.1 Å². The zero-order chi connectivity index (χ0) is 11.1. The highest BCUT2D eigenvalue weighted by Gasteiger charge is 2.14. The minimum atomic E-state index is -1.17. The van der Waals surface area contributed by atoms with Crippen molar-refractivity contribution >= 4 is 11.9 Å². The molecule has 80 valence electrons. The summed E-state index contributed by atoms with van der Waals surface area (Å²) in [5, 5.41) is 25.0. The van der Waals surface area contributed by atoms with Crippen molar-refractivity contribution in [3.05, 3.63) is 12.5 Å². The van der Waals surface area contributed by atoms with E-state index in [1.165, 1.54) is 0 Å². The molecule has 3 N–H and O–H groups in total. The van der Waals surface area contributed by atoms with E-state index in [4.69, 9.17) is 15.5 Å². The van der Waals surface area contributed by atoms with Crippen molar-refractivity contribution < 1.29 is 29.9 Å². The minimum Gasteiger partial charge on any atom is -0.481 e. The van der Waals surface area contributed by atoms with Gasteiger partial charge in [0.25, 0.3) is 0 Å². The fourth-order valence-corrected chi connectivity index (χ4v) is 0.744. The van der Waals surface area contributed by atoms with Gasteiger partial charge in [0.15, 0.2) is 0 Å². The first-order chi connectivity index (χ1) is 6.47. The molecule has 0 aliphatic carbocycles. The van der Waals surface area contributed by atoms with Crippen LogP contribution in [-0.2, 0) is 14.5 Å². The molecule has 0 saturated heterocycles. The van der Waals surface area contributed by atoms with Crippen molar-refractivity contribution in [2.45, 2.75) is 6.42 Å². The molecule has 0 radical (unpaired) electrons. The Morgan fingerprint density at radius 3 is 2.21 bits per heavy atom. The molecule has 0 aromatic rings. The molecular weight excluding hydrogens is 194 g/mol. The maximum atomic E-state index is 10.3. The molecule has 0 aromatic heterocycles. The fourth-order valence-electron chi connectivity index (χ4n) is 0.744. The summed E-state index contributed by atoms with van der Waals surface area (Å²) in [5.74, 6) is -2.55. The Morgan fingerprint density at radius 1 is 1.29 bits per heavy atom. The van der Waals surface area contributed by atoms with Gasteiger partial charge in [-0.25, -0.2) is 5.26 Å². The number of hydrogen-bond acceptors (Lipinski definition) is 5. The number of hydrogen-bond donors (Lipinski definition) is 3. The molecule has 0 rings (SSSR count). The van der Waals surface area contributed by atoms with E-state index in [1.807, 2.05) is 0 Å². The van der Waals surface area contributed by atoms with Crippen molar-refractivity contribution in [1.82, 2.24) is 4.90 Å². The Labute approximate surface area is 79.7 Å². The zero-order valence-electron chi connectivity index (χ0n) is 7.34. The average Bonchev–Trinajstić information content (AvgIpc) is 2.10. The number of carbonyl (C=O) groups is 2. The summed E-state index contributed by atoms with van der Waals surface area (Å²) in [6.45, 7) is 2.63. The van der Waals surface area contributed by atoms with Gasteiger partial charge in [-0.2, -0.15) is 0 Å². The number of rotatable bonds is 7.